The Balaban J connectivity index is 2.78. The Labute approximate surface area is 90.0 Å². The van der Waals surface area contributed by atoms with Crippen molar-refractivity contribution in [3.63, 3.8) is 0 Å². The van der Waals surface area contributed by atoms with Gasteiger partial charge in [-0.25, -0.2) is 0 Å². The quantitative estimate of drug-likeness (QED) is 0.806. The van der Waals surface area contributed by atoms with Gasteiger partial charge in [-0.05, 0) is 6.07 Å². The third-order valence-electron chi connectivity index (χ3n) is 2.00. The molecule has 0 amide bonds. The van der Waals surface area contributed by atoms with Gasteiger partial charge in [-0.15, -0.1) is 11.3 Å². The van der Waals surface area contributed by atoms with Gasteiger partial charge in [0.05, 0.1) is 21.5 Å². The van der Waals surface area contributed by atoms with Gasteiger partial charge >= 0.3 is 0 Å². The fourth-order valence-electron chi connectivity index (χ4n) is 1.37. The van der Waals surface area contributed by atoms with Gasteiger partial charge in [0.2, 0.25) is 0 Å². The van der Waals surface area contributed by atoms with Gasteiger partial charge in [0.1, 0.15) is 5.75 Å². The predicted molar refractivity (Wildman–Crippen MR) is 57.8 cm³/mol. The summed E-state index contributed by atoms with van der Waals surface area (Å²) in [5.74, 6) is 0.221. The zero-order valence-corrected chi connectivity index (χ0v) is 8.69. The number of phenols is 1. The zero-order valence-electron chi connectivity index (χ0n) is 7.12. The third kappa shape index (κ3) is 1.33. The Morgan fingerprint density at radius 2 is 2.29 bits per heavy atom. The molecule has 0 saturated heterocycles. The van der Waals surface area contributed by atoms with E-state index in [1.54, 1.807) is 12.1 Å². The summed E-state index contributed by atoms with van der Waals surface area (Å²) in [5, 5.41) is 19.0. The maximum atomic E-state index is 9.55. The van der Waals surface area contributed by atoms with Gasteiger partial charge < -0.3 is 5.11 Å². The van der Waals surface area contributed by atoms with Gasteiger partial charge in [-0.3, -0.25) is 0 Å². The van der Waals surface area contributed by atoms with Crippen molar-refractivity contribution in [3.8, 4) is 11.8 Å². The molecule has 4 heteroatoms. The summed E-state index contributed by atoms with van der Waals surface area (Å²) >= 11 is 7.28. The molecule has 1 heterocycles. The van der Waals surface area contributed by atoms with Crippen LogP contribution in [0.5, 0.6) is 5.75 Å². The fraction of sp³-hybridized carbons (Fsp3) is 0.100. The average molecular weight is 224 g/mol. The Morgan fingerprint density at radius 3 is 3.00 bits per heavy atom. The first-order valence-electron chi connectivity index (χ1n) is 4.00. The Kier molecular flexibility index (Phi) is 2.32. The normalized spacial score (nSPS) is 10.3. The first kappa shape index (κ1) is 9.32. The number of hydrogen-bond donors (Lipinski definition) is 1. The minimum atomic E-state index is 0.221. The predicted octanol–water partition coefficient (Wildman–Crippen LogP) is 3.33. The second kappa shape index (κ2) is 3.49. The van der Waals surface area contributed by atoms with E-state index < -0.39 is 0 Å². The van der Waals surface area contributed by atoms with Crippen LogP contribution in [0.15, 0.2) is 18.2 Å². The lowest BCUT2D eigenvalue weighted by Crippen LogP contribution is -1.78. The van der Waals surface area contributed by atoms with E-state index >= 15 is 0 Å². The maximum Gasteiger partial charge on any atom is 0.133 e. The first-order chi connectivity index (χ1) is 6.74. The summed E-state index contributed by atoms with van der Waals surface area (Å²) in [7, 11) is 0. The molecular weight excluding hydrogens is 218 g/mol. The van der Waals surface area contributed by atoms with Gasteiger partial charge in [-0.1, -0.05) is 23.7 Å². The lowest BCUT2D eigenvalue weighted by atomic mass is 10.1. The molecule has 1 aromatic carbocycles. The molecule has 1 N–H and O–H groups in total. The van der Waals surface area contributed by atoms with E-state index in [0.29, 0.717) is 4.34 Å². The number of phenolic OH excluding ortho intramolecular Hbond substituents is 1. The van der Waals surface area contributed by atoms with Crippen LogP contribution in [0.3, 0.4) is 0 Å². The van der Waals surface area contributed by atoms with E-state index in [2.05, 4.69) is 6.07 Å². The monoisotopic (exact) mass is 223 g/mol. The number of nitriles is 1. The highest BCUT2D eigenvalue weighted by Gasteiger charge is 2.12. The fourth-order valence-corrected chi connectivity index (χ4v) is 2.73. The molecule has 2 aromatic rings. The molecule has 0 unspecified atom stereocenters. The van der Waals surface area contributed by atoms with Crippen molar-refractivity contribution in [1.82, 2.24) is 0 Å². The highest BCUT2D eigenvalue weighted by atomic mass is 35.5. The van der Waals surface area contributed by atoms with Gasteiger partial charge in [-0.2, -0.15) is 5.26 Å². The molecule has 0 fully saturated rings. The molecule has 0 atom stereocenters. The van der Waals surface area contributed by atoms with Gasteiger partial charge in [0.15, 0.2) is 0 Å². The van der Waals surface area contributed by atoms with Crippen LogP contribution < -0.4 is 0 Å². The van der Waals surface area contributed by atoms with Crippen LogP contribution in [0.4, 0.5) is 0 Å². The number of halogens is 1. The second-order valence-electron chi connectivity index (χ2n) is 2.84. The molecule has 14 heavy (non-hydrogen) atoms. The van der Waals surface area contributed by atoms with E-state index in [-0.39, 0.29) is 12.2 Å². The van der Waals surface area contributed by atoms with Gasteiger partial charge in [0.25, 0.3) is 0 Å². The van der Waals surface area contributed by atoms with Crippen LogP contribution in [-0.4, -0.2) is 5.11 Å². The summed E-state index contributed by atoms with van der Waals surface area (Å²) in [6.45, 7) is 0. The summed E-state index contributed by atoms with van der Waals surface area (Å²) < 4.78 is 1.34. The standard InChI is InChI=1S/C10H6ClNOS/c11-10-7(4-5-12)6-2-1-3-8(13)9(6)14-10/h1-3,13H,4H2. The molecule has 0 bridgehead atoms. The SMILES string of the molecule is N#CCc1c(Cl)sc2c(O)cccc12. The summed E-state index contributed by atoms with van der Waals surface area (Å²) in [6.07, 6.45) is 0.280. The molecule has 0 aliphatic rings. The first-order valence-corrected chi connectivity index (χ1v) is 5.19. The van der Waals surface area contributed by atoms with Crippen LogP contribution >= 0.6 is 22.9 Å². The van der Waals surface area contributed by atoms with Crippen molar-refractivity contribution in [2.75, 3.05) is 0 Å². The van der Waals surface area contributed by atoms with Crippen molar-refractivity contribution in [3.05, 3.63) is 28.1 Å². The van der Waals surface area contributed by atoms with Crippen molar-refractivity contribution in [2.45, 2.75) is 6.42 Å². The zero-order chi connectivity index (χ0) is 10.1. The van der Waals surface area contributed by atoms with Crippen molar-refractivity contribution >= 4 is 33.0 Å². The largest absolute Gasteiger partial charge is 0.506 e. The molecule has 2 rings (SSSR count). The number of rotatable bonds is 1. The molecule has 0 radical (unpaired) electrons. The minimum absolute atomic E-state index is 0.221. The molecule has 0 saturated carbocycles. The molecule has 70 valence electrons. The second-order valence-corrected chi connectivity index (χ2v) is 4.47. The van der Waals surface area contributed by atoms with E-state index in [1.807, 2.05) is 6.07 Å². The highest BCUT2D eigenvalue weighted by molar-refractivity contribution is 7.23. The topological polar surface area (TPSA) is 44.0 Å². The van der Waals surface area contributed by atoms with E-state index in [0.717, 1.165) is 15.6 Å². The molecule has 2 nitrogen and oxygen atoms in total. The van der Waals surface area contributed by atoms with Crippen molar-refractivity contribution in [2.24, 2.45) is 0 Å². The summed E-state index contributed by atoms with van der Waals surface area (Å²) in [4.78, 5) is 0. The van der Waals surface area contributed by atoms with Crippen LogP contribution in [-0.2, 0) is 6.42 Å². The van der Waals surface area contributed by atoms with Crippen molar-refractivity contribution < 1.29 is 5.11 Å². The molecule has 0 aliphatic heterocycles. The molecule has 0 spiro atoms. The van der Waals surface area contributed by atoms with E-state index in [4.69, 9.17) is 16.9 Å². The Morgan fingerprint density at radius 1 is 1.50 bits per heavy atom. The highest BCUT2D eigenvalue weighted by Crippen LogP contribution is 2.39. The smallest absolute Gasteiger partial charge is 0.133 e. The van der Waals surface area contributed by atoms with Crippen molar-refractivity contribution in [1.29, 1.82) is 5.26 Å². The van der Waals surface area contributed by atoms with Crippen LogP contribution in [0, 0.1) is 11.3 Å². The lowest BCUT2D eigenvalue weighted by molar-refractivity contribution is 0.482. The summed E-state index contributed by atoms with van der Waals surface area (Å²) in [5.41, 5.74) is 0.810. The van der Waals surface area contributed by atoms with Crippen LogP contribution in [0.1, 0.15) is 5.56 Å². The van der Waals surface area contributed by atoms with E-state index in [1.165, 1.54) is 11.3 Å². The number of fused-ring (bicyclic) bond motifs is 1. The molecule has 1 aromatic heterocycles. The average Bonchev–Trinajstić information content (AvgIpc) is 2.47. The number of benzene rings is 1. The number of hydrogen-bond acceptors (Lipinski definition) is 3. The van der Waals surface area contributed by atoms with Crippen LogP contribution in [0.2, 0.25) is 4.34 Å². The van der Waals surface area contributed by atoms with Crippen LogP contribution in [0.25, 0.3) is 10.1 Å². The number of thiophene rings is 1. The number of aromatic hydroxyl groups is 1. The van der Waals surface area contributed by atoms with E-state index in [9.17, 15) is 5.11 Å². The van der Waals surface area contributed by atoms with Gasteiger partial charge in [0, 0.05) is 10.9 Å². The Bertz CT molecular complexity index is 527. The summed E-state index contributed by atoms with van der Waals surface area (Å²) in [6, 6.07) is 7.30. The maximum absolute atomic E-state index is 9.55. The molecular formula is C10H6ClNOS. The molecule has 0 aliphatic carbocycles. The third-order valence-corrected chi connectivity index (χ3v) is 3.52. The number of nitrogens with zero attached hydrogens (tertiary/aromatic N) is 1. The lowest BCUT2D eigenvalue weighted by Gasteiger charge is -1.94. The minimum Gasteiger partial charge on any atom is -0.506 e. The Hall–Kier alpha value is -1.24.